The topological polar surface area (TPSA) is 103 Å². The van der Waals surface area contributed by atoms with Gasteiger partial charge in [-0.3, -0.25) is 9.88 Å². The standard InChI is InChI=1S/C29H28N6O4S/c1-15-9-19(25-20(10-15)32-17(3)12-31-25)28-33-24-16(2)11-21-26(27(24)40-28)37-14-23(38-21)39-29(36)35(6)18-7-8-22(30-13-18)34(4)5/h7-13,23H,14H2,1-6H3/t23-/m1/s1. The van der Waals surface area contributed by atoms with Gasteiger partial charge in [0.05, 0.1) is 34.1 Å². The minimum absolute atomic E-state index is 0.0495. The van der Waals surface area contributed by atoms with Crippen molar-refractivity contribution in [1.82, 2.24) is 19.9 Å². The number of pyridine rings is 1. The molecule has 2 aromatic carbocycles. The Balaban J connectivity index is 1.26. The van der Waals surface area contributed by atoms with Crippen molar-refractivity contribution in [2.45, 2.75) is 27.1 Å². The smallest absolute Gasteiger partial charge is 0.417 e. The zero-order valence-electron chi connectivity index (χ0n) is 23.1. The molecule has 3 aromatic heterocycles. The summed E-state index contributed by atoms with van der Waals surface area (Å²) in [6.45, 7) is 5.99. The van der Waals surface area contributed by atoms with Crippen LogP contribution in [-0.4, -0.2) is 60.1 Å². The minimum atomic E-state index is -0.903. The van der Waals surface area contributed by atoms with Crippen LogP contribution < -0.4 is 19.3 Å². The second-order valence-corrected chi connectivity index (χ2v) is 11.0. The lowest BCUT2D eigenvalue weighted by Gasteiger charge is -2.28. The molecule has 5 aromatic rings. The van der Waals surface area contributed by atoms with Gasteiger partial charge >= 0.3 is 6.09 Å². The number of carbonyl (C=O) groups is 1. The summed E-state index contributed by atoms with van der Waals surface area (Å²) in [6, 6.07) is 9.62. The monoisotopic (exact) mass is 556 g/mol. The van der Waals surface area contributed by atoms with Crippen LogP contribution in [0.3, 0.4) is 0 Å². The van der Waals surface area contributed by atoms with Gasteiger partial charge in [0.25, 0.3) is 6.29 Å². The fraction of sp³-hybridized carbons (Fsp3) is 0.276. The molecule has 0 unspecified atom stereocenters. The van der Waals surface area contributed by atoms with E-state index in [0.29, 0.717) is 17.2 Å². The first-order valence-corrected chi connectivity index (χ1v) is 13.6. The molecule has 1 atom stereocenters. The predicted octanol–water partition coefficient (Wildman–Crippen LogP) is 5.66. The Morgan fingerprint density at radius 1 is 1.02 bits per heavy atom. The van der Waals surface area contributed by atoms with Gasteiger partial charge in [-0.2, -0.15) is 0 Å². The van der Waals surface area contributed by atoms with Crippen LogP contribution in [0.2, 0.25) is 0 Å². The number of anilines is 2. The number of hydrogen-bond acceptors (Lipinski definition) is 10. The Morgan fingerprint density at radius 3 is 2.60 bits per heavy atom. The number of rotatable bonds is 4. The molecule has 0 spiro atoms. The van der Waals surface area contributed by atoms with Crippen molar-refractivity contribution in [2.24, 2.45) is 0 Å². The van der Waals surface area contributed by atoms with Gasteiger partial charge in [0, 0.05) is 32.9 Å². The third-order valence-corrected chi connectivity index (χ3v) is 7.71. The molecule has 204 valence electrons. The quantitative estimate of drug-likeness (QED) is 0.277. The van der Waals surface area contributed by atoms with E-state index in [1.807, 2.05) is 64.0 Å². The summed E-state index contributed by atoms with van der Waals surface area (Å²) < 4.78 is 18.7. The van der Waals surface area contributed by atoms with Gasteiger partial charge in [-0.15, -0.1) is 11.3 Å². The molecule has 0 bridgehead atoms. The maximum atomic E-state index is 12.8. The lowest BCUT2D eigenvalue weighted by atomic mass is 10.1. The molecule has 1 amide bonds. The Labute approximate surface area is 235 Å². The number of aryl methyl sites for hydroxylation is 3. The van der Waals surface area contributed by atoms with Crippen LogP contribution in [0.5, 0.6) is 11.5 Å². The van der Waals surface area contributed by atoms with E-state index in [1.54, 1.807) is 19.4 Å². The summed E-state index contributed by atoms with van der Waals surface area (Å²) in [4.78, 5) is 34.7. The van der Waals surface area contributed by atoms with Crippen molar-refractivity contribution in [1.29, 1.82) is 0 Å². The third-order valence-electron chi connectivity index (χ3n) is 6.63. The van der Waals surface area contributed by atoms with Crippen molar-refractivity contribution < 1.29 is 19.0 Å². The maximum absolute atomic E-state index is 12.8. The number of fused-ring (bicyclic) bond motifs is 4. The van der Waals surface area contributed by atoms with Crippen LogP contribution in [0.4, 0.5) is 16.3 Å². The molecule has 0 saturated carbocycles. The van der Waals surface area contributed by atoms with E-state index in [1.165, 1.54) is 16.2 Å². The molecular weight excluding hydrogens is 528 g/mol. The molecule has 0 aliphatic carbocycles. The number of hydrogen-bond donors (Lipinski definition) is 0. The molecule has 0 N–H and O–H groups in total. The van der Waals surface area contributed by atoms with E-state index in [4.69, 9.17) is 19.2 Å². The number of carbonyl (C=O) groups excluding carboxylic acids is 1. The zero-order valence-corrected chi connectivity index (χ0v) is 23.9. The number of aromatic nitrogens is 4. The molecule has 1 aliphatic heterocycles. The Kier molecular flexibility index (Phi) is 6.38. The third kappa shape index (κ3) is 4.62. The van der Waals surface area contributed by atoms with Gasteiger partial charge in [0.2, 0.25) is 0 Å². The zero-order chi connectivity index (χ0) is 28.1. The lowest BCUT2D eigenvalue weighted by molar-refractivity contribution is -0.0718. The molecule has 0 radical (unpaired) electrons. The molecule has 0 fully saturated rings. The first kappa shape index (κ1) is 25.8. The van der Waals surface area contributed by atoms with E-state index in [-0.39, 0.29) is 6.61 Å². The highest BCUT2D eigenvalue weighted by Gasteiger charge is 2.30. The first-order chi connectivity index (χ1) is 19.2. The molecule has 11 heteroatoms. The van der Waals surface area contributed by atoms with Crippen molar-refractivity contribution in [3.8, 4) is 22.1 Å². The van der Waals surface area contributed by atoms with E-state index in [2.05, 4.69) is 21.0 Å². The lowest BCUT2D eigenvalue weighted by Crippen LogP contribution is -2.38. The van der Waals surface area contributed by atoms with Gasteiger partial charge in [-0.25, -0.2) is 19.7 Å². The largest absolute Gasteiger partial charge is 0.480 e. The molecule has 0 saturated heterocycles. The summed E-state index contributed by atoms with van der Waals surface area (Å²) in [7, 11) is 5.43. The number of benzene rings is 2. The highest BCUT2D eigenvalue weighted by molar-refractivity contribution is 7.22. The summed E-state index contributed by atoms with van der Waals surface area (Å²) in [5.74, 6) is 1.89. The maximum Gasteiger partial charge on any atom is 0.417 e. The van der Waals surface area contributed by atoms with E-state index < -0.39 is 12.4 Å². The SMILES string of the molecule is Cc1cc(-c2nc3c(C)cc4c(c3s2)OC[C@@H](OC(=O)N(C)c2ccc(N(C)C)nc2)O4)c2ncc(C)nc2c1. The Morgan fingerprint density at radius 2 is 1.85 bits per heavy atom. The average molecular weight is 557 g/mol. The van der Waals surface area contributed by atoms with Gasteiger partial charge in [-0.05, 0) is 62.2 Å². The minimum Gasteiger partial charge on any atom is -0.480 e. The highest BCUT2D eigenvalue weighted by atomic mass is 32.1. The van der Waals surface area contributed by atoms with Crippen LogP contribution in [0.25, 0.3) is 31.8 Å². The van der Waals surface area contributed by atoms with Gasteiger partial charge in [-0.1, -0.05) is 0 Å². The second-order valence-electron chi connectivity index (χ2n) is 9.98. The van der Waals surface area contributed by atoms with E-state index in [0.717, 1.165) is 54.5 Å². The normalized spacial score (nSPS) is 14.4. The van der Waals surface area contributed by atoms with E-state index in [9.17, 15) is 4.79 Å². The predicted molar refractivity (Wildman–Crippen MR) is 156 cm³/mol. The van der Waals surface area contributed by atoms with Crippen molar-refractivity contribution in [3.63, 3.8) is 0 Å². The van der Waals surface area contributed by atoms with Crippen LogP contribution in [0.1, 0.15) is 16.8 Å². The number of thiazole rings is 1. The first-order valence-electron chi connectivity index (χ1n) is 12.7. The molecule has 10 nitrogen and oxygen atoms in total. The molecular formula is C29H28N6O4S. The van der Waals surface area contributed by atoms with Crippen LogP contribution in [0, 0.1) is 20.8 Å². The van der Waals surface area contributed by atoms with Gasteiger partial charge in [0.1, 0.15) is 15.5 Å². The van der Waals surface area contributed by atoms with Crippen LogP contribution >= 0.6 is 11.3 Å². The van der Waals surface area contributed by atoms with Crippen molar-refractivity contribution >= 4 is 50.2 Å². The fourth-order valence-electron chi connectivity index (χ4n) is 4.57. The summed E-state index contributed by atoms with van der Waals surface area (Å²) in [5.41, 5.74) is 6.88. The Hall–Kier alpha value is -4.51. The summed E-state index contributed by atoms with van der Waals surface area (Å²) in [5, 5.41) is 0.825. The van der Waals surface area contributed by atoms with Gasteiger partial charge in [0.15, 0.2) is 18.1 Å². The van der Waals surface area contributed by atoms with E-state index >= 15 is 0 Å². The number of nitrogens with zero attached hydrogens (tertiary/aromatic N) is 6. The number of ether oxygens (including phenoxy) is 3. The molecule has 1 aliphatic rings. The molecule has 4 heterocycles. The molecule has 40 heavy (non-hydrogen) atoms. The number of amides is 1. The average Bonchev–Trinajstić information content (AvgIpc) is 3.38. The van der Waals surface area contributed by atoms with Crippen molar-refractivity contribution in [2.75, 3.05) is 37.5 Å². The molecule has 6 rings (SSSR count). The second kappa shape index (κ2) is 9.91. The van der Waals surface area contributed by atoms with Crippen LogP contribution in [0.15, 0.2) is 42.7 Å². The summed E-state index contributed by atoms with van der Waals surface area (Å²) in [6.07, 6.45) is 1.92. The fourth-order valence-corrected chi connectivity index (χ4v) is 5.72. The Bertz CT molecular complexity index is 1760. The van der Waals surface area contributed by atoms with Crippen molar-refractivity contribution in [3.05, 3.63) is 59.5 Å². The summed E-state index contributed by atoms with van der Waals surface area (Å²) >= 11 is 1.52. The highest BCUT2D eigenvalue weighted by Crippen LogP contribution is 2.46. The van der Waals surface area contributed by atoms with Crippen LogP contribution in [-0.2, 0) is 4.74 Å². The van der Waals surface area contributed by atoms with Gasteiger partial charge < -0.3 is 19.1 Å².